The first-order valence-electron chi connectivity index (χ1n) is 9.38. The van der Waals surface area contributed by atoms with Gasteiger partial charge in [-0.25, -0.2) is 4.79 Å². The Morgan fingerprint density at radius 2 is 1.57 bits per heavy atom. The first-order chi connectivity index (χ1) is 14.4. The molecular weight excluding hydrogens is 388 g/mol. The zero-order valence-electron chi connectivity index (χ0n) is 16.9. The third-order valence-electron chi connectivity index (χ3n) is 4.04. The fourth-order valence-electron chi connectivity index (χ4n) is 2.56. The first-order valence-corrected chi connectivity index (χ1v) is 9.38. The van der Waals surface area contributed by atoms with Crippen LogP contribution in [0.4, 0.5) is 11.4 Å². The molecule has 2 N–H and O–H groups in total. The van der Waals surface area contributed by atoms with E-state index in [1.807, 2.05) is 19.1 Å². The largest absolute Gasteiger partial charge is 0.465 e. The number of methoxy groups -OCH3 is 1. The van der Waals surface area contributed by atoms with Gasteiger partial charge in [-0.15, -0.1) is 0 Å². The second-order valence-electron chi connectivity index (χ2n) is 6.55. The molecule has 0 heterocycles. The number of hydrogen-bond acceptors (Lipinski definition) is 6. The molecule has 2 rings (SSSR count). The number of anilines is 2. The van der Waals surface area contributed by atoms with Crippen molar-refractivity contribution in [1.82, 2.24) is 0 Å². The first kappa shape index (κ1) is 22.6. The summed E-state index contributed by atoms with van der Waals surface area (Å²) in [6.45, 7) is 1.52. The van der Waals surface area contributed by atoms with Gasteiger partial charge in [-0.1, -0.05) is 12.1 Å². The highest BCUT2D eigenvalue weighted by Crippen LogP contribution is 2.12. The van der Waals surface area contributed by atoms with Crippen molar-refractivity contribution in [3.05, 3.63) is 59.7 Å². The standard InChI is InChI=1S/C22H24N2O6/c1-15-5-3-6-18(13-15)24-20(26)14-30-21(27)8-4-7-19(25)23-17-11-9-16(10-12-17)22(28)29-2/h3,5-6,9-13H,4,7-8,14H2,1-2H3,(H,23,25)(H,24,26). The Hall–Kier alpha value is -3.68. The molecule has 8 heteroatoms. The van der Waals surface area contributed by atoms with Crippen LogP contribution >= 0.6 is 0 Å². The molecule has 2 aromatic carbocycles. The van der Waals surface area contributed by atoms with Crippen LogP contribution in [-0.4, -0.2) is 37.5 Å². The number of carbonyl (C=O) groups excluding carboxylic acids is 4. The third kappa shape index (κ3) is 7.75. The molecule has 0 aliphatic carbocycles. The summed E-state index contributed by atoms with van der Waals surface area (Å²) in [6, 6.07) is 13.5. The average Bonchev–Trinajstić information content (AvgIpc) is 2.72. The molecule has 158 valence electrons. The van der Waals surface area contributed by atoms with Crippen LogP contribution in [0.3, 0.4) is 0 Å². The lowest BCUT2D eigenvalue weighted by Crippen LogP contribution is -2.21. The van der Waals surface area contributed by atoms with Crippen molar-refractivity contribution in [3.63, 3.8) is 0 Å². The molecule has 2 amide bonds. The highest BCUT2D eigenvalue weighted by molar-refractivity contribution is 5.94. The van der Waals surface area contributed by atoms with E-state index >= 15 is 0 Å². The summed E-state index contributed by atoms with van der Waals surface area (Å²) < 4.78 is 9.53. The van der Waals surface area contributed by atoms with Crippen molar-refractivity contribution in [2.45, 2.75) is 26.2 Å². The third-order valence-corrected chi connectivity index (χ3v) is 4.04. The lowest BCUT2D eigenvalue weighted by atomic mass is 10.2. The van der Waals surface area contributed by atoms with Crippen molar-refractivity contribution in [3.8, 4) is 0 Å². The smallest absolute Gasteiger partial charge is 0.337 e. The van der Waals surface area contributed by atoms with Crippen molar-refractivity contribution in [2.75, 3.05) is 24.4 Å². The minimum Gasteiger partial charge on any atom is -0.465 e. The van der Waals surface area contributed by atoms with Gasteiger partial charge in [0.25, 0.3) is 5.91 Å². The Balaban J connectivity index is 1.64. The molecule has 0 bridgehead atoms. The number of rotatable bonds is 9. The van der Waals surface area contributed by atoms with Gasteiger partial charge in [0.05, 0.1) is 12.7 Å². The molecular formula is C22H24N2O6. The van der Waals surface area contributed by atoms with Crippen molar-refractivity contribution in [2.24, 2.45) is 0 Å². The summed E-state index contributed by atoms with van der Waals surface area (Å²) in [4.78, 5) is 46.9. The average molecular weight is 412 g/mol. The molecule has 0 fully saturated rings. The van der Waals surface area contributed by atoms with E-state index in [0.717, 1.165) is 5.56 Å². The molecule has 0 unspecified atom stereocenters. The molecule has 0 radical (unpaired) electrons. The summed E-state index contributed by atoms with van der Waals surface area (Å²) in [5.74, 6) is -1.71. The molecule has 0 aliphatic rings. The van der Waals surface area contributed by atoms with Crippen LogP contribution in [0.1, 0.15) is 35.2 Å². The number of hydrogen-bond donors (Lipinski definition) is 2. The second kappa shape index (κ2) is 11.4. The van der Waals surface area contributed by atoms with Gasteiger partial charge in [0.15, 0.2) is 6.61 Å². The monoisotopic (exact) mass is 412 g/mol. The zero-order chi connectivity index (χ0) is 21.9. The summed E-state index contributed by atoms with van der Waals surface area (Å²) in [5.41, 5.74) is 2.54. The Morgan fingerprint density at radius 1 is 0.867 bits per heavy atom. The van der Waals surface area contributed by atoms with Gasteiger partial charge >= 0.3 is 11.9 Å². The normalized spacial score (nSPS) is 10.1. The Bertz CT molecular complexity index is 908. The number of nitrogens with one attached hydrogen (secondary N) is 2. The van der Waals surface area contributed by atoms with E-state index in [0.29, 0.717) is 16.9 Å². The van der Waals surface area contributed by atoms with Gasteiger partial charge in [-0.05, 0) is 55.3 Å². The highest BCUT2D eigenvalue weighted by Gasteiger charge is 2.10. The number of benzene rings is 2. The Morgan fingerprint density at radius 3 is 2.23 bits per heavy atom. The molecule has 0 saturated heterocycles. The van der Waals surface area contributed by atoms with E-state index in [1.165, 1.54) is 7.11 Å². The minimum absolute atomic E-state index is 0.0203. The van der Waals surface area contributed by atoms with Crippen LogP contribution < -0.4 is 10.6 Å². The van der Waals surface area contributed by atoms with Gasteiger partial charge < -0.3 is 20.1 Å². The summed E-state index contributed by atoms with van der Waals surface area (Å²) in [5, 5.41) is 5.32. The lowest BCUT2D eigenvalue weighted by molar-refractivity contribution is -0.147. The molecule has 0 spiro atoms. The molecule has 0 saturated carbocycles. The Kier molecular flexibility index (Phi) is 8.56. The fourth-order valence-corrected chi connectivity index (χ4v) is 2.56. The van der Waals surface area contributed by atoms with Crippen LogP contribution in [0, 0.1) is 6.92 Å². The minimum atomic E-state index is -0.551. The molecule has 0 aliphatic heterocycles. The SMILES string of the molecule is COC(=O)c1ccc(NC(=O)CCCC(=O)OCC(=O)Nc2cccc(C)c2)cc1. The summed E-state index contributed by atoms with van der Waals surface area (Å²) in [6.07, 6.45) is 0.417. The van der Waals surface area contributed by atoms with Gasteiger partial charge in [-0.3, -0.25) is 14.4 Å². The molecule has 2 aromatic rings. The van der Waals surface area contributed by atoms with Crippen LogP contribution in [0.25, 0.3) is 0 Å². The predicted octanol–water partition coefficient (Wildman–Crippen LogP) is 3.07. The second-order valence-corrected chi connectivity index (χ2v) is 6.55. The maximum Gasteiger partial charge on any atom is 0.337 e. The van der Waals surface area contributed by atoms with Gasteiger partial charge in [0, 0.05) is 24.2 Å². The van der Waals surface area contributed by atoms with E-state index in [4.69, 9.17) is 4.74 Å². The van der Waals surface area contributed by atoms with Gasteiger partial charge in [0.2, 0.25) is 5.91 Å². The van der Waals surface area contributed by atoms with Crippen molar-refractivity contribution < 1.29 is 28.7 Å². The van der Waals surface area contributed by atoms with Crippen molar-refractivity contribution in [1.29, 1.82) is 0 Å². The maximum atomic E-state index is 11.9. The number of aryl methyl sites for hydroxylation is 1. The van der Waals surface area contributed by atoms with Gasteiger partial charge in [-0.2, -0.15) is 0 Å². The van der Waals surface area contributed by atoms with E-state index in [2.05, 4.69) is 15.4 Å². The quantitative estimate of drug-likeness (QED) is 0.613. The number of amides is 2. The van der Waals surface area contributed by atoms with Crippen LogP contribution in [0.15, 0.2) is 48.5 Å². The number of ether oxygens (including phenoxy) is 2. The fraction of sp³-hybridized carbons (Fsp3) is 0.273. The van der Waals surface area contributed by atoms with Crippen LogP contribution in [0.5, 0.6) is 0 Å². The van der Waals surface area contributed by atoms with Crippen LogP contribution in [0.2, 0.25) is 0 Å². The molecule has 30 heavy (non-hydrogen) atoms. The topological polar surface area (TPSA) is 111 Å². The van der Waals surface area contributed by atoms with E-state index in [9.17, 15) is 19.2 Å². The lowest BCUT2D eigenvalue weighted by Gasteiger charge is -2.08. The van der Waals surface area contributed by atoms with E-state index in [1.54, 1.807) is 36.4 Å². The van der Waals surface area contributed by atoms with Gasteiger partial charge in [0.1, 0.15) is 0 Å². The van der Waals surface area contributed by atoms with Crippen molar-refractivity contribution >= 4 is 35.1 Å². The molecule has 0 atom stereocenters. The maximum absolute atomic E-state index is 11.9. The zero-order valence-corrected chi connectivity index (χ0v) is 16.9. The van der Waals surface area contributed by atoms with E-state index in [-0.39, 0.29) is 31.8 Å². The Labute approximate surface area is 174 Å². The van der Waals surface area contributed by atoms with Crippen LogP contribution in [-0.2, 0) is 23.9 Å². The highest BCUT2D eigenvalue weighted by atomic mass is 16.5. The van der Waals surface area contributed by atoms with E-state index < -0.39 is 17.8 Å². The molecule has 0 aromatic heterocycles. The summed E-state index contributed by atoms with van der Waals surface area (Å²) >= 11 is 0. The summed E-state index contributed by atoms with van der Waals surface area (Å²) in [7, 11) is 1.29. The predicted molar refractivity (Wildman–Crippen MR) is 111 cm³/mol. The number of esters is 2. The molecule has 8 nitrogen and oxygen atoms in total. The number of carbonyl (C=O) groups is 4.